The van der Waals surface area contributed by atoms with Crippen molar-refractivity contribution >= 4 is 15.7 Å². The second-order valence-electron chi connectivity index (χ2n) is 8.57. The summed E-state index contributed by atoms with van der Waals surface area (Å²) in [7, 11) is -1.81. The molecule has 0 atom stereocenters. The summed E-state index contributed by atoms with van der Waals surface area (Å²) >= 11 is 0. The first-order valence-corrected chi connectivity index (χ1v) is 12.3. The van der Waals surface area contributed by atoms with E-state index in [1.807, 2.05) is 26.1 Å². The van der Waals surface area contributed by atoms with Crippen molar-refractivity contribution in [2.45, 2.75) is 44.9 Å². The molecule has 0 aliphatic carbocycles. The second kappa shape index (κ2) is 9.94. The van der Waals surface area contributed by atoms with Gasteiger partial charge >= 0.3 is 0 Å². The average Bonchev–Trinajstić information content (AvgIpc) is 2.96. The van der Waals surface area contributed by atoms with Crippen molar-refractivity contribution in [3.63, 3.8) is 0 Å². The van der Waals surface area contributed by atoms with E-state index in [2.05, 4.69) is 33.9 Å². The number of aromatic nitrogens is 2. The van der Waals surface area contributed by atoms with Crippen LogP contribution in [0.3, 0.4) is 0 Å². The standard InChI is InChI=1S/C22H35N5O2S/c1-17(2)16-21-22(18(3)26(4)24-21)25-30(28,29)20-9-7-19(8-10-20)6-5-13-27-14-11-23-12-15-27/h7-10,17,23,25H,5-6,11-16H2,1-4H3. The number of benzene rings is 1. The third kappa shape index (κ3) is 5.83. The van der Waals surface area contributed by atoms with Crippen LogP contribution < -0.4 is 10.0 Å². The first kappa shape index (κ1) is 22.8. The molecule has 1 aromatic carbocycles. The predicted molar refractivity (Wildman–Crippen MR) is 121 cm³/mol. The highest BCUT2D eigenvalue weighted by Crippen LogP contribution is 2.25. The molecule has 30 heavy (non-hydrogen) atoms. The van der Waals surface area contributed by atoms with Gasteiger partial charge in [-0.2, -0.15) is 5.10 Å². The molecule has 8 heteroatoms. The van der Waals surface area contributed by atoms with E-state index in [0.29, 0.717) is 11.6 Å². The van der Waals surface area contributed by atoms with Gasteiger partial charge in [0.2, 0.25) is 0 Å². The number of hydrogen-bond donors (Lipinski definition) is 2. The van der Waals surface area contributed by atoms with E-state index in [0.717, 1.165) is 63.4 Å². The van der Waals surface area contributed by atoms with Crippen LogP contribution in [0.5, 0.6) is 0 Å². The van der Waals surface area contributed by atoms with Crippen molar-refractivity contribution in [1.82, 2.24) is 20.0 Å². The summed E-state index contributed by atoms with van der Waals surface area (Å²) in [6, 6.07) is 7.27. The highest BCUT2D eigenvalue weighted by Gasteiger charge is 2.21. The second-order valence-corrected chi connectivity index (χ2v) is 10.3. The molecular formula is C22H35N5O2S. The molecule has 0 bridgehead atoms. The molecule has 0 saturated carbocycles. The van der Waals surface area contributed by atoms with Crippen molar-refractivity contribution in [2.75, 3.05) is 37.4 Å². The van der Waals surface area contributed by atoms with Gasteiger partial charge in [0.05, 0.1) is 22.0 Å². The van der Waals surface area contributed by atoms with Crippen LogP contribution in [0.1, 0.15) is 37.2 Å². The number of sulfonamides is 1. The van der Waals surface area contributed by atoms with E-state index in [4.69, 9.17) is 0 Å². The smallest absolute Gasteiger partial charge is 0.262 e. The van der Waals surface area contributed by atoms with E-state index in [9.17, 15) is 8.42 Å². The highest BCUT2D eigenvalue weighted by atomic mass is 32.2. The third-order valence-corrected chi connectivity index (χ3v) is 6.99. The number of nitrogens with zero attached hydrogens (tertiary/aromatic N) is 3. The van der Waals surface area contributed by atoms with Gasteiger partial charge in [0.15, 0.2) is 0 Å². The quantitative estimate of drug-likeness (QED) is 0.635. The van der Waals surface area contributed by atoms with Crippen LogP contribution in [-0.2, 0) is 29.9 Å². The van der Waals surface area contributed by atoms with Crippen LogP contribution in [0.15, 0.2) is 29.2 Å². The average molecular weight is 434 g/mol. The molecule has 1 aliphatic rings. The van der Waals surface area contributed by atoms with Crippen molar-refractivity contribution < 1.29 is 8.42 Å². The summed E-state index contributed by atoms with van der Waals surface area (Å²) in [5.74, 6) is 0.392. The Hall–Kier alpha value is -1.90. The molecule has 7 nitrogen and oxygen atoms in total. The first-order valence-electron chi connectivity index (χ1n) is 10.8. The SMILES string of the molecule is Cc1c(NS(=O)(=O)c2ccc(CCCN3CCNCC3)cc2)c(CC(C)C)nn1C. The molecule has 3 rings (SSSR count). The number of piperazine rings is 1. The van der Waals surface area contributed by atoms with Crippen LogP contribution >= 0.6 is 0 Å². The largest absolute Gasteiger partial charge is 0.314 e. The maximum Gasteiger partial charge on any atom is 0.262 e. The van der Waals surface area contributed by atoms with Crippen LogP contribution in [0.4, 0.5) is 5.69 Å². The fourth-order valence-electron chi connectivity index (χ4n) is 3.81. The fraction of sp³-hybridized carbons (Fsp3) is 0.591. The van der Waals surface area contributed by atoms with Crippen molar-refractivity contribution in [3.05, 3.63) is 41.2 Å². The van der Waals surface area contributed by atoms with Crippen molar-refractivity contribution in [2.24, 2.45) is 13.0 Å². The van der Waals surface area contributed by atoms with E-state index in [-0.39, 0.29) is 4.90 Å². The summed E-state index contributed by atoms with van der Waals surface area (Å²) < 4.78 is 30.5. The molecule has 0 amide bonds. The van der Waals surface area contributed by atoms with E-state index >= 15 is 0 Å². The van der Waals surface area contributed by atoms with Gasteiger partial charge in [0.1, 0.15) is 0 Å². The van der Waals surface area contributed by atoms with Gasteiger partial charge in [-0.1, -0.05) is 26.0 Å². The van der Waals surface area contributed by atoms with Gasteiger partial charge in [-0.3, -0.25) is 9.40 Å². The third-order valence-electron chi connectivity index (χ3n) is 5.63. The maximum absolute atomic E-state index is 13.0. The van der Waals surface area contributed by atoms with Crippen LogP contribution in [0, 0.1) is 12.8 Å². The Bertz CT molecular complexity index is 929. The lowest BCUT2D eigenvalue weighted by Crippen LogP contribution is -2.43. The Balaban J connectivity index is 1.64. The topological polar surface area (TPSA) is 79.3 Å². The minimum atomic E-state index is -3.65. The lowest BCUT2D eigenvalue weighted by atomic mass is 10.1. The van der Waals surface area contributed by atoms with Gasteiger partial charge in [0.25, 0.3) is 10.0 Å². The summed E-state index contributed by atoms with van der Waals surface area (Å²) in [5.41, 5.74) is 3.38. The van der Waals surface area contributed by atoms with Gasteiger partial charge in [-0.25, -0.2) is 8.42 Å². The van der Waals surface area contributed by atoms with Crippen LogP contribution in [0.2, 0.25) is 0 Å². The van der Waals surface area contributed by atoms with Gasteiger partial charge < -0.3 is 10.2 Å². The Morgan fingerprint density at radius 3 is 2.47 bits per heavy atom. The molecule has 0 unspecified atom stereocenters. The molecular weight excluding hydrogens is 398 g/mol. The number of aryl methyl sites for hydroxylation is 2. The zero-order valence-electron chi connectivity index (χ0n) is 18.6. The van der Waals surface area contributed by atoms with Gasteiger partial charge in [-0.15, -0.1) is 0 Å². The summed E-state index contributed by atoms with van der Waals surface area (Å²) in [5, 5.41) is 7.86. The maximum atomic E-state index is 13.0. The lowest BCUT2D eigenvalue weighted by Gasteiger charge is -2.27. The Morgan fingerprint density at radius 2 is 1.83 bits per heavy atom. The van der Waals surface area contributed by atoms with E-state index < -0.39 is 10.0 Å². The lowest BCUT2D eigenvalue weighted by molar-refractivity contribution is 0.238. The van der Waals surface area contributed by atoms with Gasteiger partial charge in [0, 0.05) is 33.2 Å². The number of nitrogens with one attached hydrogen (secondary N) is 2. The number of hydrogen-bond acceptors (Lipinski definition) is 5. The minimum Gasteiger partial charge on any atom is -0.314 e. The van der Waals surface area contributed by atoms with E-state index in [1.54, 1.807) is 16.8 Å². The molecule has 1 fully saturated rings. The Labute approximate surface area is 180 Å². The molecule has 2 N–H and O–H groups in total. The molecule has 1 saturated heterocycles. The number of anilines is 1. The van der Waals surface area contributed by atoms with Crippen LogP contribution in [0.25, 0.3) is 0 Å². The van der Waals surface area contributed by atoms with Gasteiger partial charge in [-0.05, 0) is 56.3 Å². The summed E-state index contributed by atoms with van der Waals surface area (Å²) in [6.07, 6.45) is 2.77. The monoisotopic (exact) mass is 433 g/mol. The zero-order valence-corrected chi connectivity index (χ0v) is 19.4. The molecule has 0 radical (unpaired) electrons. The molecule has 1 aliphatic heterocycles. The summed E-state index contributed by atoms with van der Waals surface area (Å²) in [6.45, 7) is 11.5. The number of rotatable bonds is 9. The first-order chi connectivity index (χ1) is 14.3. The molecule has 0 spiro atoms. The predicted octanol–water partition coefficient (Wildman–Crippen LogP) is 2.57. The van der Waals surface area contributed by atoms with Crippen molar-refractivity contribution in [3.8, 4) is 0 Å². The van der Waals surface area contributed by atoms with E-state index in [1.165, 1.54) is 5.56 Å². The van der Waals surface area contributed by atoms with Crippen molar-refractivity contribution in [1.29, 1.82) is 0 Å². The normalized spacial score (nSPS) is 15.6. The molecule has 2 aromatic rings. The molecule has 2 heterocycles. The van der Waals surface area contributed by atoms with Crippen LogP contribution in [-0.4, -0.2) is 55.8 Å². The Kier molecular flexibility index (Phi) is 7.55. The molecule has 166 valence electrons. The minimum absolute atomic E-state index is 0.284. The summed E-state index contributed by atoms with van der Waals surface area (Å²) in [4.78, 5) is 2.76. The highest BCUT2D eigenvalue weighted by molar-refractivity contribution is 7.92. The zero-order chi connectivity index (χ0) is 21.7. The Morgan fingerprint density at radius 1 is 1.17 bits per heavy atom. The molecule has 1 aromatic heterocycles. The fourth-order valence-corrected chi connectivity index (χ4v) is 4.96.